The fraction of sp³-hybridized carbons (Fsp3) is 0.800. The third-order valence-corrected chi connectivity index (χ3v) is 1.96. The van der Waals surface area contributed by atoms with Crippen LogP contribution in [0.15, 0.2) is 0 Å². The van der Waals surface area contributed by atoms with Gasteiger partial charge in [0.2, 0.25) is 6.41 Å². The van der Waals surface area contributed by atoms with E-state index < -0.39 is 0 Å². The molecule has 0 aromatic carbocycles. The van der Waals surface area contributed by atoms with E-state index in [1.807, 2.05) is 5.48 Å². The summed E-state index contributed by atoms with van der Waals surface area (Å²) in [5, 5.41) is 0. The van der Waals surface area contributed by atoms with Crippen molar-refractivity contribution in [2.45, 2.75) is 51.9 Å². The summed E-state index contributed by atoms with van der Waals surface area (Å²) in [6, 6.07) is 0. The van der Waals surface area contributed by atoms with Crippen molar-refractivity contribution in [3.63, 3.8) is 0 Å². The fourth-order valence-electron chi connectivity index (χ4n) is 1.19. The summed E-state index contributed by atoms with van der Waals surface area (Å²) in [7, 11) is 0. The molecular formula is C10H19NO3. The van der Waals surface area contributed by atoms with Crippen LogP contribution in [0.4, 0.5) is 0 Å². The van der Waals surface area contributed by atoms with Gasteiger partial charge >= 0.3 is 5.97 Å². The lowest BCUT2D eigenvalue weighted by atomic mass is 10.1. The third-order valence-electron chi connectivity index (χ3n) is 1.96. The van der Waals surface area contributed by atoms with Crippen molar-refractivity contribution in [2.24, 2.45) is 0 Å². The molecule has 4 heteroatoms. The monoisotopic (exact) mass is 201 g/mol. The van der Waals surface area contributed by atoms with Crippen LogP contribution in [0.2, 0.25) is 0 Å². The Morgan fingerprint density at radius 2 is 1.86 bits per heavy atom. The average molecular weight is 201 g/mol. The first-order chi connectivity index (χ1) is 6.81. The van der Waals surface area contributed by atoms with Gasteiger partial charge in [0.05, 0.1) is 0 Å². The van der Waals surface area contributed by atoms with Crippen molar-refractivity contribution in [1.82, 2.24) is 5.48 Å². The van der Waals surface area contributed by atoms with Gasteiger partial charge in [-0.25, -0.2) is 4.79 Å². The standard InChI is InChI=1S/C10H19NO3/c1-2-3-4-5-6-7-8-10(13)14-11-9-12/h9H,2-8H2,1H3,(H,11,12). The SMILES string of the molecule is CCCCCCCCC(=O)ONC=O. The Morgan fingerprint density at radius 1 is 1.21 bits per heavy atom. The predicted molar refractivity (Wildman–Crippen MR) is 53.3 cm³/mol. The third kappa shape index (κ3) is 9.03. The van der Waals surface area contributed by atoms with Crippen molar-refractivity contribution in [3.05, 3.63) is 0 Å². The van der Waals surface area contributed by atoms with Crippen LogP contribution >= 0.6 is 0 Å². The number of carbonyl (C=O) groups excluding carboxylic acids is 2. The summed E-state index contributed by atoms with van der Waals surface area (Å²) in [5.74, 6) is -0.368. The molecule has 0 heterocycles. The van der Waals surface area contributed by atoms with E-state index in [2.05, 4.69) is 11.8 Å². The van der Waals surface area contributed by atoms with Gasteiger partial charge in [-0.2, -0.15) is 5.48 Å². The number of hydrogen-bond acceptors (Lipinski definition) is 3. The average Bonchev–Trinajstić information content (AvgIpc) is 2.20. The summed E-state index contributed by atoms with van der Waals surface area (Å²) in [4.78, 5) is 25.0. The highest BCUT2D eigenvalue weighted by molar-refractivity contribution is 5.69. The number of nitrogens with one attached hydrogen (secondary N) is 1. The number of hydroxylamine groups is 1. The van der Waals surface area contributed by atoms with Gasteiger partial charge in [-0.1, -0.05) is 39.0 Å². The van der Waals surface area contributed by atoms with E-state index in [4.69, 9.17) is 0 Å². The molecule has 0 unspecified atom stereocenters. The molecule has 0 aromatic rings. The van der Waals surface area contributed by atoms with Gasteiger partial charge in [0.25, 0.3) is 0 Å². The molecule has 4 nitrogen and oxygen atoms in total. The lowest BCUT2D eigenvalue weighted by Gasteiger charge is -2.01. The van der Waals surface area contributed by atoms with E-state index in [9.17, 15) is 9.59 Å². The topological polar surface area (TPSA) is 55.4 Å². The Labute approximate surface area is 85.0 Å². The lowest BCUT2D eigenvalue weighted by Crippen LogP contribution is -2.17. The second-order valence-corrected chi connectivity index (χ2v) is 3.23. The van der Waals surface area contributed by atoms with Gasteiger partial charge in [0, 0.05) is 6.42 Å². The van der Waals surface area contributed by atoms with Crippen LogP contribution in [0.1, 0.15) is 51.9 Å². The second-order valence-electron chi connectivity index (χ2n) is 3.23. The molecule has 0 radical (unpaired) electrons. The molecule has 0 bridgehead atoms. The highest BCUT2D eigenvalue weighted by Gasteiger charge is 2.01. The van der Waals surface area contributed by atoms with E-state index in [0.717, 1.165) is 12.8 Å². The molecule has 0 aromatic heterocycles. The molecule has 0 rings (SSSR count). The normalized spacial score (nSPS) is 9.50. The maximum absolute atomic E-state index is 10.8. The van der Waals surface area contributed by atoms with E-state index in [0.29, 0.717) is 12.8 Å². The molecule has 0 saturated heterocycles. The van der Waals surface area contributed by atoms with E-state index in [-0.39, 0.29) is 5.97 Å². The van der Waals surface area contributed by atoms with E-state index in [1.54, 1.807) is 0 Å². The molecule has 14 heavy (non-hydrogen) atoms. The zero-order valence-electron chi connectivity index (χ0n) is 8.75. The first-order valence-electron chi connectivity index (χ1n) is 5.20. The van der Waals surface area contributed by atoms with Crippen LogP contribution < -0.4 is 5.48 Å². The minimum Gasteiger partial charge on any atom is -0.341 e. The molecule has 0 spiro atoms. The van der Waals surface area contributed by atoms with Crippen LogP contribution in [0, 0.1) is 0 Å². The molecule has 0 aliphatic carbocycles. The second kappa shape index (κ2) is 10.0. The highest BCUT2D eigenvalue weighted by Crippen LogP contribution is 2.06. The van der Waals surface area contributed by atoms with Crippen molar-refractivity contribution in [2.75, 3.05) is 0 Å². The number of amides is 1. The first kappa shape index (κ1) is 12.9. The summed E-state index contributed by atoms with van der Waals surface area (Å²) < 4.78 is 0. The van der Waals surface area contributed by atoms with Gasteiger partial charge in [0.15, 0.2) is 0 Å². The summed E-state index contributed by atoms with van der Waals surface area (Å²) >= 11 is 0. The first-order valence-corrected chi connectivity index (χ1v) is 5.20. The van der Waals surface area contributed by atoms with Crippen LogP contribution in [0.3, 0.4) is 0 Å². The Morgan fingerprint density at radius 3 is 2.50 bits per heavy atom. The van der Waals surface area contributed by atoms with Gasteiger partial charge in [-0.3, -0.25) is 4.79 Å². The van der Waals surface area contributed by atoms with E-state index in [1.165, 1.54) is 25.7 Å². The van der Waals surface area contributed by atoms with Gasteiger partial charge < -0.3 is 4.84 Å². The Kier molecular flexibility index (Phi) is 9.26. The zero-order valence-corrected chi connectivity index (χ0v) is 8.75. The molecule has 82 valence electrons. The van der Waals surface area contributed by atoms with Crippen molar-refractivity contribution < 1.29 is 14.4 Å². The number of hydrogen-bond donors (Lipinski definition) is 1. The molecule has 1 amide bonds. The fourth-order valence-corrected chi connectivity index (χ4v) is 1.19. The van der Waals surface area contributed by atoms with Gasteiger partial charge in [0.1, 0.15) is 0 Å². The molecule has 1 N–H and O–H groups in total. The Bertz CT molecular complexity index is 159. The van der Waals surface area contributed by atoms with Crippen molar-refractivity contribution in [1.29, 1.82) is 0 Å². The Hall–Kier alpha value is -1.06. The molecular weight excluding hydrogens is 182 g/mol. The molecule has 0 atom stereocenters. The minimum absolute atomic E-state index is 0.346. The maximum Gasteiger partial charge on any atom is 0.332 e. The van der Waals surface area contributed by atoms with Gasteiger partial charge in [-0.05, 0) is 6.42 Å². The minimum atomic E-state index is -0.368. The van der Waals surface area contributed by atoms with Crippen LogP contribution in [0.5, 0.6) is 0 Å². The molecule has 0 fully saturated rings. The summed E-state index contributed by atoms with van der Waals surface area (Å²) in [6.45, 7) is 2.17. The molecule has 0 aliphatic rings. The van der Waals surface area contributed by atoms with Crippen LogP contribution in [-0.2, 0) is 14.4 Å². The lowest BCUT2D eigenvalue weighted by molar-refractivity contribution is -0.154. The largest absolute Gasteiger partial charge is 0.341 e. The zero-order chi connectivity index (χ0) is 10.6. The van der Waals surface area contributed by atoms with Gasteiger partial charge in [-0.15, -0.1) is 0 Å². The van der Waals surface area contributed by atoms with Crippen molar-refractivity contribution >= 4 is 12.4 Å². The molecule has 0 saturated carbocycles. The van der Waals surface area contributed by atoms with Crippen LogP contribution in [0.25, 0.3) is 0 Å². The predicted octanol–water partition coefficient (Wildman–Crippen LogP) is 1.94. The number of carbonyl (C=O) groups is 2. The van der Waals surface area contributed by atoms with E-state index >= 15 is 0 Å². The molecule has 0 aliphatic heterocycles. The quantitative estimate of drug-likeness (QED) is 0.352. The summed E-state index contributed by atoms with van der Waals surface area (Å²) in [5.41, 5.74) is 1.88. The van der Waals surface area contributed by atoms with Crippen molar-refractivity contribution in [3.8, 4) is 0 Å². The van der Waals surface area contributed by atoms with Crippen LogP contribution in [-0.4, -0.2) is 12.4 Å². The summed E-state index contributed by atoms with van der Waals surface area (Å²) in [6.07, 6.45) is 7.51. The number of rotatable bonds is 9. The smallest absolute Gasteiger partial charge is 0.332 e. The Balaban J connectivity index is 3.10. The highest BCUT2D eigenvalue weighted by atomic mass is 16.7. The number of unbranched alkanes of at least 4 members (excludes halogenated alkanes) is 5. The maximum atomic E-state index is 10.8.